The van der Waals surface area contributed by atoms with E-state index in [9.17, 15) is 4.79 Å². The topological polar surface area (TPSA) is 98.2 Å². The summed E-state index contributed by atoms with van der Waals surface area (Å²) < 4.78 is 0. The number of carboxylic acids is 2. The molecule has 0 radical (unpaired) electrons. The molecule has 4 rings (SSSR count). The van der Waals surface area contributed by atoms with Gasteiger partial charge < -0.3 is 15.1 Å². The standard InChI is InChI=1S/C23H24N2O.C2H2O4/c1-18-9-11-19(12-10-18)17-24-13-15-25(16-14-24)23(26)22-8-4-6-20-5-2-3-7-21(20)22;3-1(4)2(5)6/h2-12H,13-17H2,1H3;(H,3,4)(H,5,6). The maximum Gasteiger partial charge on any atom is 0.414 e. The van der Waals surface area contributed by atoms with E-state index in [2.05, 4.69) is 48.2 Å². The Hall–Kier alpha value is -3.71. The highest BCUT2D eigenvalue weighted by atomic mass is 16.4. The average molecular weight is 434 g/mol. The maximum atomic E-state index is 13.0. The van der Waals surface area contributed by atoms with Gasteiger partial charge in [0, 0.05) is 38.3 Å². The van der Waals surface area contributed by atoms with Crippen LogP contribution in [0.4, 0.5) is 0 Å². The first-order valence-electron chi connectivity index (χ1n) is 10.4. The second-order valence-electron chi connectivity index (χ2n) is 7.69. The monoisotopic (exact) mass is 434 g/mol. The summed E-state index contributed by atoms with van der Waals surface area (Å²) in [6.45, 7) is 6.48. The number of fused-ring (bicyclic) bond motifs is 1. The summed E-state index contributed by atoms with van der Waals surface area (Å²) in [5, 5.41) is 16.9. The van der Waals surface area contributed by atoms with Crippen LogP contribution in [0.15, 0.2) is 66.7 Å². The Labute approximate surface area is 186 Å². The van der Waals surface area contributed by atoms with E-state index < -0.39 is 11.9 Å². The third-order valence-corrected chi connectivity index (χ3v) is 5.39. The van der Waals surface area contributed by atoms with Crippen molar-refractivity contribution in [2.45, 2.75) is 13.5 Å². The van der Waals surface area contributed by atoms with Crippen LogP contribution in [0.3, 0.4) is 0 Å². The zero-order valence-corrected chi connectivity index (χ0v) is 17.9. The van der Waals surface area contributed by atoms with Crippen molar-refractivity contribution in [3.8, 4) is 0 Å². The van der Waals surface area contributed by atoms with E-state index in [0.29, 0.717) is 0 Å². The zero-order chi connectivity index (χ0) is 23.1. The second kappa shape index (κ2) is 10.5. The normalized spacial score (nSPS) is 13.8. The lowest BCUT2D eigenvalue weighted by molar-refractivity contribution is -0.159. The van der Waals surface area contributed by atoms with Gasteiger partial charge >= 0.3 is 11.9 Å². The van der Waals surface area contributed by atoms with E-state index in [0.717, 1.165) is 49.1 Å². The Kier molecular flexibility index (Phi) is 7.57. The largest absolute Gasteiger partial charge is 0.473 e. The van der Waals surface area contributed by atoms with Crippen molar-refractivity contribution >= 4 is 28.6 Å². The Morgan fingerprint density at radius 3 is 2.00 bits per heavy atom. The Balaban J connectivity index is 0.000000427. The number of piperazine rings is 1. The van der Waals surface area contributed by atoms with Crippen LogP contribution in [0, 0.1) is 6.92 Å². The predicted octanol–water partition coefficient (Wildman–Crippen LogP) is 3.26. The first-order chi connectivity index (χ1) is 15.3. The molecule has 1 aliphatic rings. The van der Waals surface area contributed by atoms with Crippen molar-refractivity contribution in [2.75, 3.05) is 26.2 Å². The van der Waals surface area contributed by atoms with Crippen LogP contribution in [-0.2, 0) is 16.1 Å². The van der Waals surface area contributed by atoms with Gasteiger partial charge in [-0.25, -0.2) is 9.59 Å². The molecule has 7 heteroatoms. The molecule has 3 aromatic carbocycles. The van der Waals surface area contributed by atoms with Crippen molar-refractivity contribution in [1.29, 1.82) is 0 Å². The molecule has 1 fully saturated rings. The second-order valence-corrected chi connectivity index (χ2v) is 7.69. The van der Waals surface area contributed by atoms with Crippen LogP contribution in [0.5, 0.6) is 0 Å². The molecule has 0 bridgehead atoms. The molecular formula is C25H26N2O5. The predicted molar refractivity (Wildman–Crippen MR) is 122 cm³/mol. The number of carbonyl (C=O) groups is 3. The summed E-state index contributed by atoms with van der Waals surface area (Å²) >= 11 is 0. The summed E-state index contributed by atoms with van der Waals surface area (Å²) in [5.41, 5.74) is 3.44. The average Bonchev–Trinajstić information content (AvgIpc) is 2.80. The Bertz CT molecular complexity index is 1090. The highest BCUT2D eigenvalue weighted by molar-refractivity contribution is 6.27. The molecule has 0 aromatic heterocycles. The smallest absolute Gasteiger partial charge is 0.414 e. The van der Waals surface area contributed by atoms with Gasteiger partial charge in [0.1, 0.15) is 0 Å². The van der Waals surface area contributed by atoms with Gasteiger partial charge in [0.15, 0.2) is 0 Å². The summed E-state index contributed by atoms with van der Waals surface area (Å²) in [6, 6.07) is 22.8. The number of aryl methyl sites for hydroxylation is 1. The van der Waals surface area contributed by atoms with Crippen molar-refractivity contribution in [2.24, 2.45) is 0 Å². The van der Waals surface area contributed by atoms with E-state index in [4.69, 9.17) is 19.8 Å². The number of carboxylic acid groups (broad SMARTS) is 2. The van der Waals surface area contributed by atoms with Gasteiger partial charge in [0.25, 0.3) is 5.91 Å². The van der Waals surface area contributed by atoms with Crippen molar-refractivity contribution in [3.05, 3.63) is 83.4 Å². The fourth-order valence-electron chi connectivity index (χ4n) is 3.64. The van der Waals surface area contributed by atoms with Gasteiger partial charge in [-0.05, 0) is 29.3 Å². The molecule has 7 nitrogen and oxygen atoms in total. The third kappa shape index (κ3) is 5.92. The minimum Gasteiger partial charge on any atom is -0.473 e. The third-order valence-electron chi connectivity index (χ3n) is 5.39. The Morgan fingerprint density at radius 2 is 1.38 bits per heavy atom. The van der Waals surface area contributed by atoms with Crippen LogP contribution in [0.25, 0.3) is 10.8 Å². The van der Waals surface area contributed by atoms with Gasteiger partial charge in [-0.2, -0.15) is 0 Å². The molecule has 1 saturated heterocycles. The molecule has 3 aromatic rings. The van der Waals surface area contributed by atoms with Crippen LogP contribution in [0.2, 0.25) is 0 Å². The molecule has 0 unspecified atom stereocenters. The lowest BCUT2D eigenvalue weighted by Crippen LogP contribution is -2.48. The first kappa shape index (κ1) is 23.0. The highest BCUT2D eigenvalue weighted by Gasteiger charge is 2.23. The maximum absolute atomic E-state index is 13.0. The lowest BCUT2D eigenvalue weighted by atomic mass is 10.0. The van der Waals surface area contributed by atoms with Crippen molar-refractivity contribution < 1.29 is 24.6 Å². The number of aliphatic carboxylic acids is 2. The molecule has 0 atom stereocenters. The van der Waals surface area contributed by atoms with Crippen LogP contribution >= 0.6 is 0 Å². The van der Waals surface area contributed by atoms with Crippen molar-refractivity contribution in [3.63, 3.8) is 0 Å². The molecule has 1 aliphatic heterocycles. The number of hydrogen-bond acceptors (Lipinski definition) is 4. The number of rotatable bonds is 3. The number of nitrogens with zero attached hydrogens (tertiary/aromatic N) is 2. The SMILES string of the molecule is Cc1ccc(CN2CCN(C(=O)c3cccc4ccccc34)CC2)cc1.O=C(O)C(=O)O. The summed E-state index contributed by atoms with van der Waals surface area (Å²) in [7, 11) is 0. The molecule has 32 heavy (non-hydrogen) atoms. The number of benzene rings is 3. The molecule has 1 amide bonds. The summed E-state index contributed by atoms with van der Waals surface area (Å²) in [4.78, 5) is 35.6. The van der Waals surface area contributed by atoms with E-state index in [1.165, 1.54) is 11.1 Å². The quantitative estimate of drug-likeness (QED) is 0.614. The fourth-order valence-corrected chi connectivity index (χ4v) is 3.64. The number of hydrogen-bond donors (Lipinski definition) is 2. The molecule has 0 saturated carbocycles. The van der Waals surface area contributed by atoms with E-state index in [1.54, 1.807) is 0 Å². The van der Waals surface area contributed by atoms with Crippen LogP contribution in [0.1, 0.15) is 21.5 Å². The summed E-state index contributed by atoms with van der Waals surface area (Å²) in [5.74, 6) is -3.50. The molecule has 166 valence electrons. The molecular weight excluding hydrogens is 408 g/mol. The molecule has 0 aliphatic carbocycles. The first-order valence-corrected chi connectivity index (χ1v) is 10.4. The summed E-state index contributed by atoms with van der Waals surface area (Å²) in [6.07, 6.45) is 0. The number of amides is 1. The van der Waals surface area contributed by atoms with Crippen LogP contribution in [-0.4, -0.2) is 64.0 Å². The van der Waals surface area contributed by atoms with Crippen LogP contribution < -0.4 is 0 Å². The van der Waals surface area contributed by atoms with Gasteiger partial charge in [0.05, 0.1) is 0 Å². The molecule has 2 N–H and O–H groups in total. The number of carbonyl (C=O) groups excluding carboxylic acids is 1. The minimum atomic E-state index is -1.82. The zero-order valence-electron chi connectivity index (χ0n) is 17.9. The Morgan fingerprint density at radius 1 is 0.781 bits per heavy atom. The van der Waals surface area contributed by atoms with E-state index >= 15 is 0 Å². The van der Waals surface area contributed by atoms with E-state index in [-0.39, 0.29) is 5.91 Å². The van der Waals surface area contributed by atoms with E-state index in [1.807, 2.05) is 35.2 Å². The van der Waals surface area contributed by atoms with Gasteiger partial charge in [-0.1, -0.05) is 66.2 Å². The molecule has 0 spiro atoms. The molecule has 1 heterocycles. The van der Waals surface area contributed by atoms with Gasteiger partial charge in [-0.15, -0.1) is 0 Å². The van der Waals surface area contributed by atoms with Gasteiger partial charge in [-0.3, -0.25) is 9.69 Å². The lowest BCUT2D eigenvalue weighted by Gasteiger charge is -2.35. The fraction of sp³-hybridized carbons (Fsp3) is 0.240. The van der Waals surface area contributed by atoms with Gasteiger partial charge in [0.2, 0.25) is 0 Å². The minimum absolute atomic E-state index is 0.150. The van der Waals surface area contributed by atoms with Crippen molar-refractivity contribution in [1.82, 2.24) is 9.80 Å². The highest BCUT2D eigenvalue weighted by Crippen LogP contribution is 2.21.